The van der Waals surface area contributed by atoms with Crippen molar-refractivity contribution in [3.8, 4) is 17.1 Å². The Morgan fingerprint density at radius 3 is 2.72 bits per heavy atom. The van der Waals surface area contributed by atoms with Gasteiger partial charge >= 0.3 is 0 Å². The highest BCUT2D eigenvalue weighted by molar-refractivity contribution is 5.55. The molecule has 0 amide bonds. The summed E-state index contributed by atoms with van der Waals surface area (Å²) in [5.41, 5.74) is 6.44. The van der Waals surface area contributed by atoms with Gasteiger partial charge in [-0.3, -0.25) is 5.10 Å². The number of hydrogen-bond donors (Lipinski definition) is 2. The highest BCUT2D eigenvalue weighted by Gasteiger charge is 2.05. The van der Waals surface area contributed by atoms with Gasteiger partial charge in [-0.1, -0.05) is 6.92 Å². The minimum Gasteiger partial charge on any atom is -0.494 e. The zero-order valence-electron chi connectivity index (χ0n) is 10.5. The minimum atomic E-state index is 0.568. The summed E-state index contributed by atoms with van der Waals surface area (Å²) in [6, 6.07) is 7.79. The van der Waals surface area contributed by atoms with Crippen LogP contribution in [0.4, 0.5) is 0 Å². The first-order chi connectivity index (χ1) is 8.83. The predicted molar refractivity (Wildman–Crippen MR) is 70.4 cm³/mol. The monoisotopic (exact) mass is 246 g/mol. The van der Waals surface area contributed by atoms with E-state index in [-0.39, 0.29) is 0 Å². The molecule has 2 aromatic rings. The molecule has 0 aliphatic heterocycles. The standard InChI is InChI=1S/C13H18N4O/c1-2-9-18-11-5-3-10(4-6-11)13-15-12(7-8-14)16-17-13/h3-6H,2,7-9,14H2,1H3,(H,15,16,17). The summed E-state index contributed by atoms with van der Waals surface area (Å²) in [5, 5.41) is 7.05. The van der Waals surface area contributed by atoms with Crippen LogP contribution < -0.4 is 10.5 Å². The summed E-state index contributed by atoms with van der Waals surface area (Å²) in [6.45, 7) is 3.39. The Hall–Kier alpha value is -1.88. The Kier molecular flexibility index (Phi) is 4.30. The van der Waals surface area contributed by atoms with Gasteiger partial charge in [0.15, 0.2) is 5.82 Å². The van der Waals surface area contributed by atoms with E-state index < -0.39 is 0 Å². The first kappa shape index (κ1) is 12.6. The van der Waals surface area contributed by atoms with E-state index in [2.05, 4.69) is 22.1 Å². The van der Waals surface area contributed by atoms with Crippen LogP contribution in [-0.2, 0) is 6.42 Å². The molecule has 3 N–H and O–H groups in total. The summed E-state index contributed by atoms with van der Waals surface area (Å²) in [5.74, 6) is 2.39. The lowest BCUT2D eigenvalue weighted by Gasteiger charge is -2.04. The van der Waals surface area contributed by atoms with Gasteiger partial charge in [-0.05, 0) is 37.2 Å². The summed E-state index contributed by atoms with van der Waals surface area (Å²) >= 11 is 0. The van der Waals surface area contributed by atoms with Crippen molar-refractivity contribution in [2.45, 2.75) is 19.8 Å². The molecule has 1 aromatic carbocycles. The Labute approximate surface area is 106 Å². The second-order valence-corrected chi connectivity index (χ2v) is 4.02. The highest BCUT2D eigenvalue weighted by atomic mass is 16.5. The van der Waals surface area contributed by atoms with E-state index in [1.165, 1.54) is 0 Å². The molecule has 0 radical (unpaired) electrons. The van der Waals surface area contributed by atoms with Gasteiger partial charge in [-0.15, -0.1) is 0 Å². The predicted octanol–water partition coefficient (Wildman–Crippen LogP) is 1.76. The lowest BCUT2D eigenvalue weighted by molar-refractivity contribution is 0.317. The molecule has 0 saturated heterocycles. The molecule has 5 heteroatoms. The largest absolute Gasteiger partial charge is 0.494 e. The maximum absolute atomic E-state index is 5.52. The normalized spacial score (nSPS) is 10.6. The van der Waals surface area contributed by atoms with Gasteiger partial charge in [0, 0.05) is 12.0 Å². The molecular weight excluding hydrogens is 228 g/mol. The quantitative estimate of drug-likeness (QED) is 0.814. The third-order valence-corrected chi connectivity index (χ3v) is 2.50. The fourth-order valence-corrected chi connectivity index (χ4v) is 1.59. The molecule has 18 heavy (non-hydrogen) atoms. The van der Waals surface area contributed by atoms with E-state index in [1.807, 2.05) is 24.3 Å². The van der Waals surface area contributed by atoms with Crippen LogP contribution >= 0.6 is 0 Å². The molecule has 1 aromatic heterocycles. The third kappa shape index (κ3) is 3.07. The Morgan fingerprint density at radius 2 is 2.06 bits per heavy atom. The Bertz CT molecular complexity index is 478. The molecule has 2 rings (SSSR count). The molecule has 0 unspecified atom stereocenters. The van der Waals surface area contributed by atoms with Gasteiger partial charge in [0.2, 0.25) is 0 Å². The van der Waals surface area contributed by atoms with Gasteiger partial charge in [0.1, 0.15) is 11.6 Å². The number of aromatic nitrogens is 3. The first-order valence-electron chi connectivity index (χ1n) is 6.18. The van der Waals surface area contributed by atoms with Crippen molar-refractivity contribution >= 4 is 0 Å². The van der Waals surface area contributed by atoms with Crippen molar-refractivity contribution in [3.63, 3.8) is 0 Å². The maximum Gasteiger partial charge on any atom is 0.181 e. The van der Waals surface area contributed by atoms with E-state index in [1.54, 1.807) is 0 Å². The number of nitrogens with one attached hydrogen (secondary N) is 1. The number of rotatable bonds is 6. The fraction of sp³-hybridized carbons (Fsp3) is 0.385. The number of nitrogens with zero attached hydrogens (tertiary/aromatic N) is 2. The number of hydrogen-bond acceptors (Lipinski definition) is 4. The van der Waals surface area contributed by atoms with Crippen LogP contribution in [0.2, 0.25) is 0 Å². The molecule has 0 saturated carbocycles. The lowest BCUT2D eigenvalue weighted by Crippen LogP contribution is -2.03. The van der Waals surface area contributed by atoms with Crippen LogP contribution in [0.5, 0.6) is 5.75 Å². The highest BCUT2D eigenvalue weighted by Crippen LogP contribution is 2.19. The average Bonchev–Trinajstić information content (AvgIpc) is 2.86. The molecule has 5 nitrogen and oxygen atoms in total. The summed E-state index contributed by atoms with van der Waals surface area (Å²) in [6.07, 6.45) is 1.72. The summed E-state index contributed by atoms with van der Waals surface area (Å²) in [4.78, 5) is 4.37. The second kappa shape index (κ2) is 6.16. The van der Waals surface area contributed by atoms with E-state index in [4.69, 9.17) is 10.5 Å². The molecule has 0 fully saturated rings. The fourth-order valence-electron chi connectivity index (χ4n) is 1.59. The molecule has 96 valence electrons. The molecule has 0 atom stereocenters. The van der Waals surface area contributed by atoms with Crippen LogP contribution in [0.15, 0.2) is 24.3 Å². The number of benzene rings is 1. The molecule has 0 spiro atoms. The van der Waals surface area contributed by atoms with Crippen molar-refractivity contribution in [1.29, 1.82) is 0 Å². The van der Waals surface area contributed by atoms with Gasteiger partial charge in [0.25, 0.3) is 0 Å². The molecular formula is C13H18N4O. The third-order valence-electron chi connectivity index (χ3n) is 2.50. The number of H-pyrrole nitrogens is 1. The molecule has 1 heterocycles. The van der Waals surface area contributed by atoms with Crippen molar-refractivity contribution in [3.05, 3.63) is 30.1 Å². The number of nitrogens with two attached hydrogens (primary N) is 1. The van der Waals surface area contributed by atoms with Crippen LogP contribution in [0.1, 0.15) is 19.2 Å². The number of ether oxygens (including phenoxy) is 1. The zero-order chi connectivity index (χ0) is 12.8. The van der Waals surface area contributed by atoms with Gasteiger partial charge in [-0.25, -0.2) is 4.98 Å². The topological polar surface area (TPSA) is 76.8 Å². The zero-order valence-corrected chi connectivity index (χ0v) is 10.5. The van der Waals surface area contributed by atoms with Gasteiger partial charge in [0.05, 0.1) is 6.61 Å². The molecule has 0 aliphatic carbocycles. The summed E-state index contributed by atoms with van der Waals surface area (Å²) in [7, 11) is 0. The van der Waals surface area contributed by atoms with Crippen LogP contribution in [0, 0.1) is 0 Å². The van der Waals surface area contributed by atoms with E-state index in [9.17, 15) is 0 Å². The second-order valence-electron chi connectivity index (χ2n) is 4.02. The van der Waals surface area contributed by atoms with Crippen molar-refractivity contribution in [2.75, 3.05) is 13.2 Å². The van der Waals surface area contributed by atoms with E-state index >= 15 is 0 Å². The Balaban J connectivity index is 2.07. The molecule has 0 bridgehead atoms. The van der Waals surface area contributed by atoms with E-state index in [0.29, 0.717) is 18.8 Å². The minimum absolute atomic E-state index is 0.568. The van der Waals surface area contributed by atoms with E-state index in [0.717, 1.165) is 30.2 Å². The number of aromatic amines is 1. The van der Waals surface area contributed by atoms with Gasteiger partial charge in [-0.2, -0.15) is 5.10 Å². The van der Waals surface area contributed by atoms with Crippen LogP contribution in [0.3, 0.4) is 0 Å². The molecule has 0 aliphatic rings. The average molecular weight is 246 g/mol. The maximum atomic E-state index is 5.52. The smallest absolute Gasteiger partial charge is 0.181 e. The van der Waals surface area contributed by atoms with Crippen LogP contribution in [0.25, 0.3) is 11.4 Å². The first-order valence-corrected chi connectivity index (χ1v) is 6.18. The van der Waals surface area contributed by atoms with Crippen molar-refractivity contribution in [2.24, 2.45) is 5.73 Å². The summed E-state index contributed by atoms with van der Waals surface area (Å²) < 4.78 is 5.52. The van der Waals surface area contributed by atoms with Crippen molar-refractivity contribution < 1.29 is 4.74 Å². The Morgan fingerprint density at radius 1 is 1.28 bits per heavy atom. The van der Waals surface area contributed by atoms with Crippen LogP contribution in [-0.4, -0.2) is 28.3 Å². The lowest BCUT2D eigenvalue weighted by atomic mass is 10.2. The SMILES string of the molecule is CCCOc1ccc(-c2n[nH]c(CCN)n2)cc1. The van der Waals surface area contributed by atoms with Crippen molar-refractivity contribution in [1.82, 2.24) is 15.2 Å². The van der Waals surface area contributed by atoms with Gasteiger partial charge < -0.3 is 10.5 Å².